The van der Waals surface area contributed by atoms with Crippen LogP contribution in [0.4, 0.5) is 5.95 Å². The van der Waals surface area contributed by atoms with E-state index in [2.05, 4.69) is 45.8 Å². The Morgan fingerprint density at radius 3 is 2.46 bits per heavy atom. The molecular formula is C19H27N5O2. The summed E-state index contributed by atoms with van der Waals surface area (Å²) >= 11 is 0. The van der Waals surface area contributed by atoms with Gasteiger partial charge in [0.2, 0.25) is 17.7 Å². The Morgan fingerprint density at radius 2 is 1.85 bits per heavy atom. The Balaban J connectivity index is 1.48. The third kappa shape index (κ3) is 4.59. The molecule has 0 aliphatic carbocycles. The van der Waals surface area contributed by atoms with Crippen molar-refractivity contribution in [3.05, 3.63) is 30.1 Å². The van der Waals surface area contributed by atoms with E-state index in [1.807, 2.05) is 12.1 Å². The van der Waals surface area contributed by atoms with Crippen molar-refractivity contribution in [2.24, 2.45) is 5.92 Å². The normalized spacial score (nSPS) is 15.8. The highest BCUT2D eigenvalue weighted by molar-refractivity contribution is 5.32. The quantitative estimate of drug-likeness (QED) is 0.814. The average molecular weight is 357 g/mol. The van der Waals surface area contributed by atoms with E-state index in [1.54, 1.807) is 19.4 Å². The molecule has 7 heteroatoms. The SMILES string of the molecule is COc1ccnc(N2CCC(COc3ccc(C(C)(C)C)nn3)CC2)n1. The van der Waals surface area contributed by atoms with Crippen LogP contribution in [0, 0.1) is 5.92 Å². The summed E-state index contributed by atoms with van der Waals surface area (Å²) < 4.78 is 11.0. The Labute approximate surface area is 154 Å². The lowest BCUT2D eigenvalue weighted by molar-refractivity contribution is 0.213. The molecule has 7 nitrogen and oxygen atoms in total. The number of ether oxygens (including phenoxy) is 2. The Kier molecular flexibility index (Phi) is 5.54. The van der Waals surface area contributed by atoms with Crippen LogP contribution in [0.5, 0.6) is 11.8 Å². The van der Waals surface area contributed by atoms with Crippen LogP contribution < -0.4 is 14.4 Å². The second-order valence-electron chi connectivity index (χ2n) is 7.65. The van der Waals surface area contributed by atoms with Crippen LogP contribution in [0.1, 0.15) is 39.3 Å². The van der Waals surface area contributed by atoms with Gasteiger partial charge in [0, 0.05) is 36.8 Å². The van der Waals surface area contributed by atoms with Crippen molar-refractivity contribution in [1.29, 1.82) is 0 Å². The molecule has 1 aliphatic heterocycles. The molecule has 0 amide bonds. The van der Waals surface area contributed by atoms with E-state index < -0.39 is 0 Å². The topological polar surface area (TPSA) is 73.3 Å². The number of anilines is 1. The highest BCUT2D eigenvalue weighted by Gasteiger charge is 2.22. The molecule has 0 N–H and O–H groups in total. The lowest BCUT2D eigenvalue weighted by Crippen LogP contribution is -2.36. The maximum atomic E-state index is 5.85. The number of methoxy groups -OCH3 is 1. The number of hydrogen-bond acceptors (Lipinski definition) is 7. The summed E-state index contributed by atoms with van der Waals surface area (Å²) in [6.07, 6.45) is 3.80. The molecule has 1 fully saturated rings. The molecule has 0 unspecified atom stereocenters. The maximum absolute atomic E-state index is 5.85. The van der Waals surface area contributed by atoms with E-state index >= 15 is 0 Å². The van der Waals surface area contributed by atoms with Gasteiger partial charge in [-0.05, 0) is 24.8 Å². The third-order valence-electron chi connectivity index (χ3n) is 4.60. The van der Waals surface area contributed by atoms with E-state index in [1.165, 1.54) is 0 Å². The number of rotatable bonds is 5. The van der Waals surface area contributed by atoms with Crippen molar-refractivity contribution in [3.63, 3.8) is 0 Å². The van der Waals surface area contributed by atoms with Crippen molar-refractivity contribution in [3.8, 4) is 11.8 Å². The largest absolute Gasteiger partial charge is 0.481 e. The molecule has 0 spiro atoms. The van der Waals surface area contributed by atoms with Crippen LogP contribution in [0.15, 0.2) is 24.4 Å². The highest BCUT2D eigenvalue weighted by Crippen LogP contribution is 2.23. The van der Waals surface area contributed by atoms with Crippen molar-refractivity contribution in [2.75, 3.05) is 31.7 Å². The Morgan fingerprint density at radius 1 is 1.08 bits per heavy atom. The summed E-state index contributed by atoms with van der Waals surface area (Å²) in [5.41, 5.74) is 0.969. The van der Waals surface area contributed by atoms with E-state index in [4.69, 9.17) is 9.47 Å². The summed E-state index contributed by atoms with van der Waals surface area (Å²) in [5, 5.41) is 8.46. The monoisotopic (exact) mass is 357 g/mol. The van der Waals surface area contributed by atoms with Gasteiger partial charge in [-0.25, -0.2) is 4.98 Å². The zero-order valence-electron chi connectivity index (χ0n) is 16.0. The first-order valence-electron chi connectivity index (χ1n) is 9.04. The molecule has 2 aromatic rings. The molecular weight excluding hydrogens is 330 g/mol. The molecule has 140 valence electrons. The van der Waals surface area contributed by atoms with Crippen LogP contribution in [-0.4, -0.2) is 47.0 Å². The van der Waals surface area contributed by atoms with E-state index in [-0.39, 0.29) is 5.41 Å². The molecule has 0 bridgehead atoms. The van der Waals surface area contributed by atoms with E-state index in [0.717, 1.165) is 37.6 Å². The van der Waals surface area contributed by atoms with Gasteiger partial charge in [-0.15, -0.1) is 5.10 Å². The molecule has 2 aromatic heterocycles. The second-order valence-corrected chi connectivity index (χ2v) is 7.65. The van der Waals surface area contributed by atoms with Gasteiger partial charge >= 0.3 is 0 Å². The van der Waals surface area contributed by atoms with Gasteiger partial charge in [0.25, 0.3) is 0 Å². The molecule has 0 aromatic carbocycles. The molecule has 1 aliphatic rings. The van der Waals surface area contributed by atoms with Crippen LogP contribution in [0.3, 0.4) is 0 Å². The van der Waals surface area contributed by atoms with Gasteiger partial charge in [-0.3, -0.25) is 0 Å². The number of nitrogens with zero attached hydrogens (tertiary/aromatic N) is 5. The second kappa shape index (κ2) is 7.85. The van der Waals surface area contributed by atoms with Crippen LogP contribution in [0.2, 0.25) is 0 Å². The van der Waals surface area contributed by atoms with Crippen LogP contribution in [0.25, 0.3) is 0 Å². The van der Waals surface area contributed by atoms with Crippen LogP contribution in [-0.2, 0) is 5.41 Å². The fourth-order valence-corrected chi connectivity index (χ4v) is 2.90. The zero-order valence-corrected chi connectivity index (χ0v) is 16.0. The Hall–Kier alpha value is -2.44. The molecule has 3 rings (SSSR count). The molecule has 26 heavy (non-hydrogen) atoms. The first kappa shape index (κ1) is 18.4. The molecule has 3 heterocycles. The van der Waals surface area contributed by atoms with Crippen molar-refractivity contribution in [2.45, 2.75) is 39.0 Å². The van der Waals surface area contributed by atoms with Crippen molar-refractivity contribution < 1.29 is 9.47 Å². The lowest BCUT2D eigenvalue weighted by atomic mass is 9.92. The first-order valence-corrected chi connectivity index (χ1v) is 9.04. The minimum Gasteiger partial charge on any atom is -0.481 e. The van der Waals surface area contributed by atoms with Gasteiger partial charge < -0.3 is 14.4 Å². The van der Waals surface area contributed by atoms with Gasteiger partial charge in [-0.2, -0.15) is 10.1 Å². The number of hydrogen-bond donors (Lipinski definition) is 0. The molecule has 1 saturated heterocycles. The minimum atomic E-state index is 0.000545. The molecule has 0 atom stereocenters. The molecule has 0 saturated carbocycles. The van der Waals surface area contributed by atoms with Gasteiger partial charge in [-0.1, -0.05) is 20.8 Å². The summed E-state index contributed by atoms with van der Waals surface area (Å²) in [4.78, 5) is 10.9. The fraction of sp³-hybridized carbons (Fsp3) is 0.579. The van der Waals surface area contributed by atoms with Gasteiger partial charge in [0.15, 0.2) is 0 Å². The minimum absolute atomic E-state index is 0.000545. The van der Waals surface area contributed by atoms with Gasteiger partial charge in [0.05, 0.1) is 19.4 Å². The van der Waals surface area contributed by atoms with E-state index in [0.29, 0.717) is 24.3 Å². The number of piperidine rings is 1. The fourth-order valence-electron chi connectivity index (χ4n) is 2.90. The smallest absolute Gasteiger partial charge is 0.233 e. The summed E-state index contributed by atoms with van der Waals surface area (Å²) in [6, 6.07) is 5.66. The first-order chi connectivity index (χ1) is 12.5. The zero-order chi connectivity index (χ0) is 18.6. The predicted octanol–water partition coefficient (Wildman–Crippen LogP) is 2.87. The third-order valence-corrected chi connectivity index (χ3v) is 4.60. The highest BCUT2D eigenvalue weighted by atomic mass is 16.5. The summed E-state index contributed by atoms with van der Waals surface area (Å²) in [7, 11) is 1.62. The molecule has 0 radical (unpaired) electrons. The standard InChI is InChI=1S/C19H27N5O2/c1-19(2,3)15-5-6-17(23-22-15)26-13-14-8-11-24(12-9-14)18-20-10-7-16(21-18)25-4/h5-7,10,14H,8-9,11-13H2,1-4H3. The average Bonchev–Trinajstić information content (AvgIpc) is 2.66. The lowest BCUT2D eigenvalue weighted by Gasteiger charge is -2.31. The van der Waals surface area contributed by atoms with Crippen LogP contribution >= 0.6 is 0 Å². The Bertz CT molecular complexity index is 707. The maximum Gasteiger partial charge on any atom is 0.233 e. The summed E-state index contributed by atoms with van der Waals surface area (Å²) in [6.45, 7) is 8.86. The van der Waals surface area contributed by atoms with Crippen molar-refractivity contribution >= 4 is 5.95 Å². The van der Waals surface area contributed by atoms with E-state index in [9.17, 15) is 0 Å². The van der Waals surface area contributed by atoms with Gasteiger partial charge in [0.1, 0.15) is 0 Å². The van der Waals surface area contributed by atoms with Crippen molar-refractivity contribution in [1.82, 2.24) is 20.2 Å². The summed E-state index contributed by atoms with van der Waals surface area (Å²) in [5.74, 6) is 2.42. The predicted molar refractivity (Wildman–Crippen MR) is 99.7 cm³/mol. The number of aromatic nitrogens is 4.